The first-order valence-corrected chi connectivity index (χ1v) is 4.49. The van der Waals surface area contributed by atoms with Crippen molar-refractivity contribution in [2.75, 3.05) is 0 Å². The molecule has 0 unspecified atom stereocenters. The Labute approximate surface area is 82.8 Å². The van der Waals surface area contributed by atoms with Gasteiger partial charge in [-0.3, -0.25) is 4.98 Å². The normalized spacial score (nSPS) is 10.1. The van der Waals surface area contributed by atoms with E-state index in [9.17, 15) is 0 Å². The monoisotopic (exact) mass is 182 g/mol. The van der Waals surface area contributed by atoms with Gasteiger partial charge in [-0.25, -0.2) is 0 Å². The Morgan fingerprint density at radius 2 is 2.00 bits per heavy atom. The highest BCUT2D eigenvalue weighted by Gasteiger charge is 2.05. The topological polar surface area (TPSA) is 36.7 Å². The largest absolute Gasteiger partial charge is 0.256 e. The summed E-state index contributed by atoms with van der Waals surface area (Å²) in [7, 11) is 0. The van der Waals surface area contributed by atoms with E-state index in [0.717, 1.165) is 27.6 Å². The molecule has 2 heteroatoms. The van der Waals surface area contributed by atoms with Crippen LogP contribution in [0.4, 0.5) is 0 Å². The Morgan fingerprint density at radius 1 is 1.21 bits per heavy atom. The summed E-state index contributed by atoms with van der Waals surface area (Å²) in [5.41, 5.74) is 3.71. The van der Waals surface area contributed by atoms with Crippen molar-refractivity contribution in [1.82, 2.24) is 4.98 Å². The van der Waals surface area contributed by atoms with Crippen molar-refractivity contribution >= 4 is 10.9 Å². The SMILES string of the molecule is Cc1cnc2c(C)cccc2c1C#N. The first kappa shape index (κ1) is 8.71. The molecule has 2 aromatic rings. The number of para-hydroxylation sites is 1. The first-order chi connectivity index (χ1) is 6.74. The molecule has 0 aliphatic heterocycles. The van der Waals surface area contributed by atoms with Crippen LogP contribution in [0, 0.1) is 25.2 Å². The maximum Gasteiger partial charge on any atom is 0.100 e. The fraction of sp³-hybridized carbons (Fsp3) is 0.167. The standard InChI is InChI=1S/C12H10N2/c1-8-4-3-5-10-11(6-13)9(2)7-14-12(8)10/h3-5,7H,1-2H3. The number of aryl methyl sites for hydroxylation is 2. The molecule has 0 bridgehead atoms. The summed E-state index contributed by atoms with van der Waals surface area (Å²) < 4.78 is 0. The van der Waals surface area contributed by atoms with Crippen molar-refractivity contribution in [3.8, 4) is 6.07 Å². The molecule has 0 radical (unpaired) electrons. The summed E-state index contributed by atoms with van der Waals surface area (Å²) in [4.78, 5) is 4.34. The number of rotatable bonds is 0. The minimum atomic E-state index is 0.735. The molecular weight excluding hydrogens is 172 g/mol. The highest BCUT2D eigenvalue weighted by Crippen LogP contribution is 2.21. The molecule has 2 rings (SSSR count). The third kappa shape index (κ3) is 1.14. The smallest absolute Gasteiger partial charge is 0.100 e. The van der Waals surface area contributed by atoms with Gasteiger partial charge in [0.05, 0.1) is 11.1 Å². The van der Waals surface area contributed by atoms with Crippen molar-refractivity contribution in [3.63, 3.8) is 0 Å². The summed E-state index contributed by atoms with van der Waals surface area (Å²) in [6, 6.07) is 8.13. The van der Waals surface area contributed by atoms with Crippen molar-refractivity contribution in [3.05, 3.63) is 41.1 Å². The lowest BCUT2D eigenvalue weighted by Gasteiger charge is -2.04. The lowest BCUT2D eigenvalue weighted by atomic mass is 10.0. The average Bonchev–Trinajstić information content (AvgIpc) is 2.18. The van der Waals surface area contributed by atoms with E-state index in [-0.39, 0.29) is 0 Å². The number of nitriles is 1. The Bertz CT molecular complexity index is 536. The first-order valence-electron chi connectivity index (χ1n) is 4.49. The highest BCUT2D eigenvalue weighted by atomic mass is 14.7. The molecule has 2 nitrogen and oxygen atoms in total. The molecule has 0 saturated heterocycles. The molecule has 0 aliphatic carbocycles. The molecule has 1 heterocycles. The Kier molecular flexibility index (Phi) is 1.94. The zero-order chi connectivity index (χ0) is 10.1. The number of nitrogens with zero attached hydrogens (tertiary/aromatic N) is 2. The summed E-state index contributed by atoms with van der Waals surface area (Å²) in [5.74, 6) is 0. The Hall–Kier alpha value is -1.88. The van der Waals surface area contributed by atoms with Gasteiger partial charge in [0.1, 0.15) is 6.07 Å². The van der Waals surface area contributed by atoms with Gasteiger partial charge in [-0.2, -0.15) is 5.26 Å². The number of aromatic nitrogens is 1. The van der Waals surface area contributed by atoms with Crippen molar-refractivity contribution in [2.24, 2.45) is 0 Å². The Balaban J connectivity index is 2.97. The van der Waals surface area contributed by atoms with Crippen molar-refractivity contribution < 1.29 is 0 Å². The second kappa shape index (κ2) is 3.12. The predicted molar refractivity (Wildman–Crippen MR) is 55.9 cm³/mol. The van der Waals surface area contributed by atoms with Crippen LogP contribution in [0.15, 0.2) is 24.4 Å². The van der Waals surface area contributed by atoms with Gasteiger partial charge in [0, 0.05) is 11.6 Å². The van der Waals surface area contributed by atoms with E-state index in [1.807, 2.05) is 32.0 Å². The summed E-state index contributed by atoms with van der Waals surface area (Å²) in [6.07, 6.45) is 1.76. The molecule has 0 aliphatic rings. The van der Waals surface area contributed by atoms with Crippen LogP contribution < -0.4 is 0 Å². The molecule has 0 amide bonds. The second-order valence-electron chi connectivity index (χ2n) is 3.40. The van der Waals surface area contributed by atoms with Crippen LogP contribution in [0.1, 0.15) is 16.7 Å². The van der Waals surface area contributed by atoms with Crippen LogP contribution in [-0.4, -0.2) is 4.98 Å². The quantitative estimate of drug-likeness (QED) is 0.628. The molecule has 0 fully saturated rings. The van der Waals surface area contributed by atoms with Gasteiger partial charge in [0.2, 0.25) is 0 Å². The molecule has 0 saturated carbocycles. The molecule has 0 spiro atoms. The number of hydrogen-bond acceptors (Lipinski definition) is 2. The molecule has 0 N–H and O–H groups in total. The number of benzene rings is 1. The highest BCUT2D eigenvalue weighted by molar-refractivity contribution is 5.87. The third-order valence-electron chi connectivity index (χ3n) is 2.40. The molecule has 0 atom stereocenters. The minimum Gasteiger partial charge on any atom is -0.256 e. The summed E-state index contributed by atoms with van der Waals surface area (Å²) in [5, 5.41) is 9.98. The van der Waals surface area contributed by atoms with E-state index in [4.69, 9.17) is 5.26 Å². The molecular formula is C12H10N2. The predicted octanol–water partition coefficient (Wildman–Crippen LogP) is 2.72. The van der Waals surface area contributed by atoms with E-state index < -0.39 is 0 Å². The zero-order valence-electron chi connectivity index (χ0n) is 8.20. The van der Waals surface area contributed by atoms with Crippen molar-refractivity contribution in [2.45, 2.75) is 13.8 Å². The van der Waals surface area contributed by atoms with Crippen LogP contribution in [0.25, 0.3) is 10.9 Å². The maximum absolute atomic E-state index is 9.03. The number of hydrogen-bond donors (Lipinski definition) is 0. The fourth-order valence-electron chi connectivity index (χ4n) is 1.62. The van der Waals surface area contributed by atoms with Crippen LogP contribution in [-0.2, 0) is 0 Å². The molecule has 1 aromatic heterocycles. The maximum atomic E-state index is 9.03. The zero-order valence-corrected chi connectivity index (χ0v) is 8.20. The van der Waals surface area contributed by atoms with E-state index in [1.165, 1.54) is 0 Å². The minimum absolute atomic E-state index is 0.735. The third-order valence-corrected chi connectivity index (χ3v) is 2.40. The van der Waals surface area contributed by atoms with E-state index in [1.54, 1.807) is 6.20 Å². The van der Waals surface area contributed by atoms with Gasteiger partial charge < -0.3 is 0 Å². The van der Waals surface area contributed by atoms with Crippen LogP contribution >= 0.6 is 0 Å². The van der Waals surface area contributed by atoms with Gasteiger partial charge in [-0.15, -0.1) is 0 Å². The Morgan fingerprint density at radius 3 is 2.71 bits per heavy atom. The van der Waals surface area contributed by atoms with E-state index >= 15 is 0 Å². The summed E-state index contributed by atoms with van der Waals surface area (Å²) >= 11 is 0. The van der Waals surface area contributed by atoms with E-state index in [0.29, 0.717) is 0 Å². The average molecular weight is 182 g/mol. The lowest BCUT2D eigenvalue weighted by molar-refractivity contribution is 1.29. The molecule has 1 aromatic carbocycles. The van der Waals surface area contributed by atoms with Crippen molar-refractivity contribution in [1.29, 1.82) is 5.26 Å². The number of fused-ring (bicyclic) bond motifs is 1. The van der Waals surface area contributed by atoms with Gasteiger partial charge in [0.25, 0.3) is 0 Å². The lowest BCUT2D eigenvalue weighted by Crippen LogP contribution is -1.90. The van der Waals surface area contributed by atoms with Gasteiger partial charge >= 0.3 is 0 Å². The molecule has 14 heavy (non-hydrogen) atoms. The van der Waals surface area contributed by atoms with Crippen LogP contribution in [0.5, 0.6) is 0 Å². The summed E-state index contributed by atoms with van der Waals surface area (Å²) in [6.45, 7) is 3.92. The van der Waals surface area contributed by atoms with Gasteiger partial charge in [-0.05, 0) is 25.0 Å². The second-order valence-corrected chi connectivity index (χ2v) is 3.40. The number of pyridine rings is 1. The fourth-order valence-corrected chi connectivity index (χ4v) is 1.62. The van der Waals surface area contributed by atoms with Crippen LogP contribution in [0.2, 0.25) is 0 Å². The van der Waals surface area contributed by atoms with Gasteiger partial charge in [0.15, 0.2) is 0 Å². The van der Waals surface area contributed by atoms with Crippen LogP contribution in [0.3, 0.4) is 0 Å². The van der Waals surface area contributed by atoms with E-state index in [2.05, 4.69) is 11.1 Å². The van der Waals surface area contributed by atoms with Gasteiger partial charge in [-0.1, -0.05) is 18.2 Å². The molecule has 68 valence electrons.